The van der Waals surface area contributed by atoms with Gasteiger partial charge in [-0.05, 0) is 25.5 Å². The highest BCUT2D eigenvalue weighted by Gasteiger charge is 2.27. The lowest BCUT2D eigenvalue weighted by atomic mass is 9.99. The maximum atomic E-state index is 14.8. The highest BCUT2D eigenvalue weighted by molar-refractivity contribution is 5.79. The van der Waals surface area contributed by atoms with Crippen molar-refractivity contribution in [2.45, 2.75) is 38.9 Å². The summed E-state index contributed by atoms with van der Waals surface area (Å²) in [5.74, 6) is 0.287. The van der Waals surface area contributed by atoms with Crippen LogP contribution in [0.25, 0.3) is 11.0 Å². The van der Waals surface area contributed by atoms with Crippen LogP contribution in [-0.4, -0.2) is 40.3 Å². The van der Waals surface area contributed by atoms with Crippen LogP contribution in [0.15, 0.2) is 12.3 Å². The Morgan fingerprint density at radius 3 is 2.81 bits per heavy atom. The van der Waals surface area contributed by atoms with Gasteiger partial charge in [-0.2, -0.15) is 0 Å². The van der Waals surface area contributed by atoms with E-state index in [1.54, 1.807) is 0 Å². The summed E-state index contributed by atoms with van der Waals surface area (Å²) in [4.78, 5) is 6.84. The molecular weight excluding hydrogens is 269 g/mol. The fourth-order valence-electron chi connectivity index (χ4n) is 3.24. The molecule has 1 saturated heterocycles. The second kappa shape index (κ2) is 4.78. The first-order chi connectivity index (χ1) is 10.1. The summed E-state index contributed by atoms with van der Waals surface area (Å²) >= 11 is 0. The molecule has 112 valence electrons. The molecule has 2 aliphatic rings. The van der Waals surface area contributed by atoms with E-state index in [-0.39, 0.29) is 5.82 Å². The van der Waals surface area contributed by atoms with Gasteiger partial charge in [-0.1, -0.05) is 0 Å². The minimum absolute atomic E-state index is 0.0926. The summed E-state index contributed by atoms with van der Waals surface area (Å²) in [7, 11) is 0. The molecule has 0 aliphatic carbocycles. The number of rotatable bonds is 2. The monoisotopic (exact) mass is 289 g/mol. The van der Waals surface area contributed by atoms with Crippen LogP contribution in [0.4, 0.5) is 4.39 Å². The van der Waals surface area contributed by atoms with Crippen molar-refractivity contribution < 1.29 is 9.13 Å². The molecule has 0 unspecified atom stereocenters. The minimum Gasteiger partial charge on any atom is -0.380 e. The molecule has 21 heavy (non-hydrogen) atoms. The predicted octanol–water partition coefficient (Wildman–Crippen LogP) is 2.51. The molecular formula is C16H20FN3O. The number of hydrogen-bond acceptors (Lipinski definition) is 3. The Balaban J connectivity index is 1.79. The van der Waals surface area contributed by atoms with Crippen LogP contribution in [0.3, 0.4) is 0 Å². The number of fused-ring (bicyclic) bond motifs is 3. The molecule has 2 aromatic heterocycles. The van der Waals surface area contributed by atoms with E-state index in [1.165, 1.54) is 0 Å². The molecule has 4 nitrogen and oxygen atoms in total. The van der Waals surface area contributed by atoms with Crippen LogP contribution in [0.5, 0.6) is 0 Å². The first kappa shape index (κ1) is 13.2. The Morgan fingerprint density at radius 2 is 2.14 bits per heavy atom. The average molecular weight is 289 g/mol. The first-order valence-electron chi connectivity index (χ1n) is 7.63. The van der Waals surface area contributed by atoms with Gasteiger partial charge in [0.1, 0.15) is 5.65 Å². The third kappa shape index (κ3) is 1.99. The van der Waals surface area contributed by atoms with E-state index in [0.717, 1.165) is 43.2 Å². The summed E-state index contributed by atoms with van der Waals surface area (Å²) < 4.78 is 22.1. The molecule has 4 rings (SSSR count). The maximum Gasteiger partial charge on any atom is 0.154 e. The zero-order chi connectivity index (χ0) is 14.6. The minimum atomic E-state index is -0.0926. The van der Waals surface area contributed by atoms with Gasteiger partial charge in [0.25, 0.3) is 0 Å². The SMILES string of the molecule is CC(C)N1CCn2c(c(F)c3cc(C4COC4)cnc32)C1. The summed E-state index contributed by atoms with van der Waals surface area (Å²) in [6, 6.07) is 2.41. The van der Waals surface area contributed by atoms with Crippen molar-refractivity contribution >= 4 is 11.0 Å². The third-order valence-corrected chi connectivity index (χ3v) is 4.76. The number of hydrogen-bond donors (Lipinski definition) is 0. The zero-order valence-electron chi connectivity index (χ0n) is 12.5. The third-order valence-electron chi connectivity index (χ3n) is 4.76. The first-order valence-corrected chi connectivity index (χ1v) is 7.63. The van der Waals surface area contributed by atoms with Crippen molar-refractivity contribution in [1.29, 1.82) is 0 Å². The summed E-state index contributed by atoms with van der Waals surface area (Å²) in [5, 5.41) is 0.667. The summed E-state index contributed by atoms with van der Waals surface area (Å²) in [5.41, 5.74) is 2.66. The fourth-order valence-corrected chi connectivity index (χ4v) is 3.24. The highest BCUT2D eigenvalue weighted by atomic mass is 19.1. The molecule has 0 amide bonds. The van der Waals surface area contributed by atoms with Crippen LogP contribution in [-0.2, 0) is 17.8 Å². The van der Waals surface area contributed by atoms with Crippen LogP contribution in [0.2, 0.25) is 0 Å². The number of aromatic nitrogens is 2. The normalized spacial score (nSPS) is 20.0. The standard InChI is InChI=1S/C16H20FN3O/c1-10(2)19-3-4-20-14(7-19)15(17)13-5-11(6-18-16(13)20)12-8-21-9-12/h5-6,10,12H,3-4,7-9H2,1-2H3. The molecule has 1 fully saturated rings. The maximum absolute atomic E-state index is 14.8. The molecule has 0 saturated carbocycles. The van der Waals surface area contributed by atoms with Crippen molar-refractivity contribution in [3.63, 3.8) is 0 Å². The molecule has 2 aromatic rings. The lowest BCUT2D eigenvalue weighted by Crippen LogP contribution is -2.38. The molecule has 0 N–H and O–H groups in total. The lowest BCUT2D eigenvalue weighted by Gasteiger charge is -2.31. The number of nitrogens with zero attached hydrogens (tertiary/aromatic N) is 3. The van der Waals surface area contributed by atoms with E-state index in [4.69, 9.17) is 4.74 Å². The van der Waals surface area contributed by atoms with Crippen molar-refractivity contribution in [1.82, 2.24) is 14.5 Å². The Morgan fingerprint density at radius 1 is 1.33 bits per heavy atom. The molecule has 2 aliphatic heterocycles. The molecule has 0 radical (unpaired) electrons. The Hall–Kier alpha value is -1.46. The lowest BCUT2D eigenvalue weighted by molar-refractivity contribution is 0.00835. The summed E-state index contributed by atoms with van der Waals surface area (Å²) in [6.07, 6.45) is 1.89. The van der Waals surface area contributed by atoms with E-state index in [2.05, 4.69) is 23.7 Å². The van der Waals surface area contributed by atoms with Gasteiger partial charge >= 0.3 is 0 Å². The van der Waals surface area contributed by atoms with Gasteiger partial charge in [0, 0.05) is 37.8 Å². The number of pyridine rings is 1. The fraction of sp³-hybridized carbons (Fsp3) is 0.562. The van der Waals surface area contributed by atoms with Crippen LogP contribution < -0.4 is 0 Å². The molecule has 0 atom stereocenters. The quantitative estimate of drug-likeness (QED) is 0.851. The van der Waals surface area contributed by atoms with Crippen molar-refractivity contribution in [3.8, 4) is 0 Å². The van der Waals surface area contributed by atoms with Gasteiger partial charge in [0.2, 0.25) is 0 Å². The number of halogens is 1. The van der Waals surface area contributed by atoms with Gasteiger partial charge in [0.15, 0.2) is 5.82 Å². The van der Waals surface area contributed by atoms with E-state index in [0.29, 0.717) is 23.9 Å². The molecule has 4 heterocycles. The van der Waals surface area contributed by atoms with Crippen molar-refractivity contribution in [2.75, 3.05) is 19.8 Å². The second-order valence-corrected chi connectivity index (χ2v) is 6.35. The van der Waals surface area contributed by atoms with Gasteiger partial charge in [-0.25, -0.2) is 9.37 Å². The Bertz CT molecular complexity index is 690. The van der Waals surface area contributed by atoms with Crippen LogP contribution in [0.1, 0.15) is 31.0 Å². The van der Waals surface area contributed by atoms with Crippen molar-refractivity contribution in [3.05, 3.63) is 29.3 Å². The molecule has 0 spiro atoms. The van der Waals surface area contributed by atoms with Gasteiger partial charge in [-0.15, -0.1) is 0 Å². The van der Waals surface area contributed by atoms with E-state index >= 15 is 0 Å². The molecule has 5 heteroatoms. The molecule has 0 bridgehead atoms. The van der Waals surface area contributed by atoms with E-state index in [9.17, 15) is 4.39 Å². The van der Waals surface area contributed by atoms with E-state index < -0.39 is 0 Å². The van der Waals surface area contributed by atoms with Crippen LogP contribution in [0, 0.1) is 5.82 Å². The van der Waals surface area contributed by atoms with E-state index in [1.807, 2.05) is 16.8 Å². The topological polar surface area (TPSA) is 30.3 Å². The van der Waals surface area contributed by atoms with Gasteiger partial charge < -0.3 is 9.30 Å². The smallest absolute Gasteiger partial charge is 0.154 e. The molecule has 0 aromatic carbocycles. The number of ether oxygens (including phenoxy) is 1. The highest BCUT2D eigenvalue weighted by Crippen LogP contribution is 2.31. The van der Waals surface area contributed by atoms with Crippen molar-refractivity contribution in [2.24, 2.45) is 0 Å². The predicted molar refractivity (Wildman–Crippen MR) is 78.8 cm³/mol. The summed E-state index contributed by atoms with van der Waals surface area (Å²) in [6.45, 7) is 8.20. The van der Waals surface area contributed by atoms with Gasteiger partial charge in [-0.3, -0.25) is 4.90 Å². The second-order valence-electron chi connectivity index (χ2n) is 6.35. The Labute approximate surface area is 123 Å². The Kier molecular flexibility index (Phi) is 3.01. The average Bonchev–Trinajstić information content (AvgIpc) is 2.70. The largest absolute Gasteiger partial charge is 0.380 e. The van der Waals surface area contributed by atoms with Crippen LogP contribution >= 0.6 is 0 Å². The van der Waals surface area contributed by atoms with Gasteiger partial charge in [0.05, 0.1) is 24.3 Å². The zero-order valence-corrected chi connectivity index (χ0v) is 12.5.